The third-order valence-corrected chi connectivity index (χ3v) is 6.85. The third kappa shape index (κ3) is 5.23. The molecule has 0 atom stereocenters. The Morgan fingerprint density at radius 2 is 1.38 bits per heavy atom. The Balaban J connectivity index is 1.92. The van der Waals surface area contributed by atoms with Crippen LogP contribution in [0.4, 0.5) is 26.3 Å². The number of benzene rings is 3. The number of pyridine rings is 1. The summed E-state index contributed by atoms with van der Waals surface area (Å²) < 4.78 is 105. The van der Waals surface area contributed by atoms with Crippen LogP contribution in [-0.4, -0.2) is 18.2 Å². The van der Waals surface area contributed by atoms with Gasteiger partial charge >= 0.3 is 12.4 Å². The van der Waals surface area contributed by atoms with Crippen molar-refractivity contribution >= 4 is 32.5 Å². The van der Waals surface area contributed by atoms with Gasteiger partial charge in [-0.3, -0.25) is 4.79 Å². The van der Waals surface area contributed by atoms with Gasteiger partial charge < -0.3 is 5.11 Å². The van der Waals surface area contributed by atoms with Gasteiger partial charge in [-0.25, -0.2) is 9.51 Å². The van der Waals surface area contributed by atoms with Crippen molar-refractivity contribution < 1.29 is 39.9 Å². The minimum Gasteiger partial charge on any atom is -0.507 e. The van der Waals surface area contributed by atoms with Gasteiger partial charge in [0, 0.05) is 27.6 Å². The number of fused-ring (bicyclic) bond motifs is 1. The van der Waals surface area contributed by atoms with Crippen LogP contribution in [0.2, 0.25) is 5.02 Å². The predicted octanol–water partition coefficient (Wildman–Crippen LogP) is 6.00. The van der Waals surface area contributed by atoms with Gasteiger partial charge in [-0.05, 0) is 60.7 Å². The fourth-order valence-corrected chi connectivity index (χ4v) is 4.75. The first kappa shape index (κ1) is 26.4. The quantitative estimate of drug-likeness (QED) is 0.299. The summed E-state index contributed by atoms with van der Waals surface area (Å²) in [6.07, 6.45) is -9.52. The minimum absolute atomic E-state index is 0.0910. The van der Waals surface area contributed by atoms with E-state index in [-0.39, 0.29) is 27.1 Å². The number of aromatic nitrogens is 1. The average molecular weight is 563 g/mol. The van der Waals surface area contributed by atoms with E-state index < -0.39 is 49.7 Å². The topological polar surface area (TPSA) is 88.4 Å². The minimum atomic E-state index is -4.80. The van der Waals surface area contributed by atoms with Crippen LogP contribution >= 0.6 is 11.6 Å². The number of halogens is 7. The normalized spacial score (nSPS) is 12.6. The zero-order valence-corrected chi connectivity index (χ0v) is 19.6. The second-order valence-electron chi connectivity index (χ2n) is 7.74. The van der Waals surface area contributed by atoms with Crippen molar-refractivity contribution in [3.8, 4) is 16.9 Å². The molecule has 194 valence electrons. The molecule has 1 aromatic heterocycles. The zero-order valence-electron chi connectivity index (χ0n) is 18.0. The van der Waals surface area contributed by atoms with E-state index in [1.165, 1.54) is 12.1 Å². The van der Waals surface area contributed by atoms with Crippen LogP contribution in [-0.2, 0) is 22.4 Å². The van der Waals surface area contributed by atoms with Crippen LogP contribution in [0.15, 0.2) is 76.4 Å². The molecule has 0 spiro atoms. The van der Waals surface area contributed by atoms with E-state index in [2.05, 4.69) is 0 Å². The molecular weight excluding hydrogens is 550 g/mol. The van der Waals surface area contributed by atoms with E-state index in [9.17, 15) is 44.7 Å². The lowest BCUT2D eigenvalue weighted by Gasteiger charge is -2.18. The molecule has 1 heterocycles. The summed E-state index contributed by atoms with van der Waals surface area (Å²) in [6.45, 7) is 0. The van der Waals surface area contributed by atoms with E-state index in [1.807, 2.05) is 4.83 Å². The first-order valence-electron chi connectivity index (χ1n) is 10.0. The van der Waals surface area contributed by atoms with Gasteiger partial charge in [-0.15, -0.1) is 0 Å². The highest BCUT2D eigenvalue weighted by Gasteiger charge is 2.32. The molecule has 0 aliphatic heterocycles. The molecule has 0 fully saturated rings. The summed E-state index contributed by atoms with van der Waals surface area (Å²) in [7, 11) is -4.67. The molecule has 0 saturated heterocycles. The second kappa shape index (κ2) is 8.99. The van der Waals surface area contributed by atoms with Crippen LogP contribution in [0.3, 0.4) is 0 Å². The molecule has 0 bridgehead atoms. The number of alkyl halides is 6. The van der Waals surface area contributed by atoms with Gasteiger partial charge in [0.1, 0.15) is 5.75 Å². The van der Waals surface area contributed by atoms with Crippen LogP contribution in [0.1, 0.15) is 11.1 Å². The zero-order chi connectivity index (χ0) is 27.3. The number of sulfonamides is 1. The Kier molecular flexibility index (Phi) is 6.41. The molecule has 0 radical (unpaired) electrons. The lowest BCUT2D eigenvalue weighted by atomic mass is 9.98. The highest BCUT2D eigenvalue weighted by atomic mass is 35.5. The third-order valence-electron chi connectivity index (χ3n) is 5.30. The smallest absolute Gasteiger partial charge is 0.416 e. The van der Waals surface area contributed by atoms with E-state index in [1.54, 1.807) is 0 Å². The molecule has 3 aromatic carbocycles. The first-order chi connectivity index (χ1) is 17.1. The van der Waals surface area contributed by atoms with Crippen LogP contribution in [0.5, 0.6) is 5.75 Å². The van der Waals surface area contributed by atoms with E-state index >= 15 is 0 Å². The lowest BCUT2D eigenvalue weighted by Crippen LogP contribution is -2.33. The Morgan fingerprint density at radius 1 is 0.784 bits per heavy atom. The Morgan fingerprint density at radius 3 is 1.97 bits per heavy atom. The summed E-state index contributed by atoms with van der Waals surface area (Å²) in [5.41, 5.74) is -3.89. The highest BCUT2D eigenvalue weighted by Crippen LogP contribution is 2.38. The second-order valence-corrected chi connectivity index (χ2v) is 9.84. The number of phenolic OH excluding ortho intramolecular Hbond substituents is 1. The molecule has 4 rings (SSSR count). The van der Waals surface area contributed by atoms with Gasteiger partial charge in [-0.1, -0.05) is 11.6 Å². The Labute approximate surface area is 209 Å². The van der Waals surface area contributed by atoms with Crippen molar-refractivity contribution in [1.82, 2.24) is 4.68 Å². The largest absolute Gasteiger partial charge is 0.507 e. The fraction of sp³-hybridized carbons (Fsp3) is 0.0870. The molecule has 4 aromatic rings. The maximum absolute atomic E-state index is 13.5. The standard InChI is InChI=1S/C23H13ClF6N2O4S/c24-14-4-8-20(33)18(10-14)16-11-21(34)32(19-7-3-13(9-17(16)19)23(28,29)30)31-37(35,36)15-5-1-12(2-6-15)22(25,26)27/h1-11,31,33H. The van der Waals surface area contributed by atoms with Crippen molar-refractivity contribution in [3.63, 3.8) is 0 Å². The number of hydrogen-bond donors (Lipinski definition) is 2. The van der Waals surface area contributed by atoms with E-state index in [0.717, 1.165) is 18.2 Å². The van der Waals surface area contributed by atoms with Gasteiger partial charge in [0.15, 0.2) is 0 Å². The van der Waals surface area contributed by atoms with Gasteiger partial charge in [0.25, 0.3) is 15.6 Å². The highest BCUT2D eigenvalue weighted by molar-refractivity contribution is 7.92. The Hall–Kier alpha value is -3.71. The van der Waals surface area contributed by atoms with Gasteiger partial charge in [0.05, 0.1) is 21.5 Å². The predicted molar refractivity (Wildman–Crippen MR) is 123 cm³/mol. The lowest BCUT2D eigenvalue weighted by molar-refractivity contribution is -0.138. The SMILES string of the molecule is O=c1cc(-c2cc(Cl)ccc2O)c2cc(C(F)(F)F)ccc2n1NS(=O)(=O)c1ccc(C(F)(F)F)cc1. The summed E-state index contributed by atoms with van der Waals surface area (Å²) in [5, 5.41) is 10.1. The molecule has 14 heteroatoms. The van der Waals surface area contributed by atoms with E-state index in [4.69, 9.17) is 11.6 Å². The molecule has 0 aliphatic rings. The maximum Gasteiger partial charge on any atom is 0.416 e. The monoisotopic (exact) mass is 562 g/mol. The van der Waals surface area contributed by atoms with Gasteiger partial charge in [0.2, 0.25) is 0 Å². The van der Waals surface area contributed by atoms with Crippen LogP contribution in [0, 0.1) is 0 Å². The summed E-state index contributed by atoms with van der Waals surface area (Å²) in [4.78, 5) is 14.2. The number of nitrogens with zero attached hydrogens (tertiary/aromatic N) is 1. The number of aromatic hydroxyl groups is 1. The molecule has 0 saturated carbocycles. The molecule has 37 heavy (non-hydrogen) atoms. The van der Waals surface area contributed by atoms with Crippen molar-refractivity contribution in [1.29, 1.82) is 0 Å². The van der Waals surface area contributed by atoms with Crippen LogP contribution in [0.25, 0.3) is 22.0 Å². The summed E-state index contributed by atoms with van der Waals surface area (Å²) >= 11 is 5.95. The number of hydrogen-bond acceptors (Lipinski definition) is 4. The van der Waals surface area contributed by atoms with Crippen molar-refractivity contribution in [2.75, 3.05) is 4.83 Å². The van der Waals surface area contributed by atoms with Crippen molar-refractivity contribution in [2.24, 2.45) is 0 Å². The van der Waals surface area contributed by atoms with Crippen molar-refractivity contribution in [3.05, 3.63) is 93.2 Å². The Bertz CT molecular complexity index is 1680. The maximum atomic E-state index is 13.5. The average Bonchev–Trinajstić information content (AvgIpc) is 2.81. The first-order valence-corrected chi connectivity index (χ1v) is 11.9. The molecule has 6 nitrogen and oxygen atoms in total. The molecule has 0 unspecified atom stereocenters. The summed E-state index contributed by atoms with van der Waals surface area (Å²) in [6, 6.07) is 8.98. The van der Waals surface area contributed by atoms with Crippen LogP contribution < -0.4 is 10.4 Å². The van der Waals surface area contributed by atoms with E-state index in [0.29, 0.717) is 41.1 Å². The molecular formula is C23H13ClF6N2O4S. The van der Waals surface area contributed by atoms with Crippen molar-refractivity contribution in [2.45, 2.75) is 17.2 Å². The molecule has 2 N–H and O–H groups in total. The molecule has 0 aliphatic carbocycles. The van der Waals surface area contributed by atoms with Gasteiger partial charge in [-0.2, -0.15) is 34.8 Å². The fourth-order valence-electron chi connectivity index (χ4n) is 3.54. The number of nitrogens with one attached hydrogen (secondary N) is 1. The summed E-state index contributed by atoms with van der Waals surface area (Å²) in [5.74, 6) is -0.411. The molecule has 0 amide bonds. The number of phenols is 1. The number of rotatable bonds is 4.